The SMILES string of the molecule is CCCCc1cc(C)c(-c2ccccc2C(=O)O)c(-c2ccccc2C(=O)O)c1C. The molecule has 0 aliphatic carbocycles. The fourth-order valence-corrected chi connectivity index (χ4v) is 4.07. The van der Waals surface area contributed by atoms with Gasteiger partial charge in [-0.2, -0.15) is 0 Å². The van der Waals surface area contributed by atoms with Crippen LogP contribution in [0, 0.1) is 13.8 Å². The zero-order valence-electron chi connectivity index (χ0n) is 17.5. The van der Waals surface area contributed by atoms with Crippen LogP contribution in [0.3, 0.4) is 0 Å². The topological polar surface area (TPSA) is 74.6 Å². The second kappa shape index (κ2) is 8.95. The van der Waals surface area contributed by atoms with Crippen molar-refractivity contribution in [3.05, 3.63) is 82.4 Å². The second-order valence-corrected chi connectivity index (χ2v) is 7.53. The number of aryl methyl sites for hydroxylation is 2. The number of benzene rings is 3. The lowest BCUT2D eigenvalue weighted by molar-refractivity contribution is 0.0686. The van der Waals surface area contributed by atoms with Gasteiger partial charge in [-0.05, 0) is 77.8 Å². The summed E-state index contributed by atoms with van der Waals surface area (Å²) < 4.78 is 0. The Kier molecular flexibility index (Phi) is 6.36. The smallest absolute Gasteiger partial charge is 0.336 e. The zero-order valence-corrected chi connectivity index (χ0v) is 17.5. The van der Waals surface area contributed by atoms with Crippen molar-refractivity contribution in [2.45, 2.75) is 40.0 Å². The quantitative estimate of drug-likeness (QED) is 0.481. The van der Waals surface area contributed by atoms with Crippen molar-refractivity contribution in [3.63, 3.8) is 0 Å². The van der Waals surface area contributed by atoms with E-state index >= 15 is 0 Å². The molecule has 30 heavy (non-hydrogen) atoms. The van der Waals surface area contributed by atoms with Crippen molar-refractivity contribution in [2.75, 3.05) is 0 Å². The van der Waals surface area contributed by atoms with Gasteiger partial charge in [0.15, 0.2) is 0 Å². The van der Waals surface area contributed by atoms with Crippen molar-refractivity contribution in [1.82, 2.24) is 0 Å². The molecule has 3 aromatic carbocycles. The van der Waals surface area contributed by atoms with Crippen LogP contribution in [0.5, 0.6) is 0 Å². The number of unbranched alkanes of at least 4 members (excludes halogenated alkanes) is 1. The molecule has 0 heterocycles. The van der Waals surface area contributed by atoms with Gasteiger partial charge in [0.2, 0.25) is 0 Å². The van der Waals surface area contributed by atoms with Crippen molar-refractivity contribution < 1.29 is 19.8 Å². The van der Waals surface area contributed by atoms with E-state index in [9.17, 15) is 19.8 Å². The van der Waals surface area contributed by atoms with Crippen LogP contribution in [-0.4, -0.2) is 22.2 Å². The lowest BCUT2D eigenvalue weighted by atomic mass is 9.81. The normalized spacial score (nSPS) is 10.8. The van der Waals surface area contributed by atoms with E-state index in [0.717, 1.165) is 41.5 Å². The average molecular weight is 402 g/mol. The molecule has 0 unspecified atom stereocenters. The van der Waals surface area contributed by atoms with Gasteiger partial charge < -0.3 is 10.2 Å². The molecule has 4 heteroatoms. The minimum absolute atomic E-state index is 0.204. The van der Waals surface area contributed by atoms with Crippen molar-refractivity contribution in [3.8, 4) is 22.3 Å². The predicted octanol–water partition coefficient (Wildman–Crippen LogP) is 6.38. The maximum atomic E-state index is 12.0. The first-order chi connectivity index (χ1) is 14.4. The Labute approximate surface area is 176 Å². The highest BCUT2D eigenvalue weighted by Crippen LogP contribution is 2.42. The Morgan fingerprint density at radius 3 is 1.80 bits per heavy atom. The maximum absolute atomic E-state index is 12.0. The van der Waals surface area contributed by atoms with Gasteiger partial charge in [0.1, 0.15) is 0 Å². The maximum Gasteiger partial charge on any atom is 0.336 e. The standard InChI is InChI=1S/C26H26O4/c1-4-5-10-18-15-16(2)23(19-11-6-8-13-21(19)25(27)28)24(17(18)3)20-12-7-9-14-22(20)26(29)30/h6-9,11-15H,4-5,10H2,1-3H3,(H,27,28)(H,29,30). The minimum Gasteiger partial charge on any atom is -0.478 e. The van der Waals surface area contributed by atoms with Crippen LogP contribution in [0.4, 0.5) is 0 Å². The van der Waals surface area contributed by atoms with E-state index < -0.39 is 11.9 Å². The molecule has 0 aromatic heterocycles. The molecule has 0 saturated carbocycles. The van der Waals surface area contributed by atoms with Crippen LogP contribution in [0.15, 0.2) is 54.6 Å². The summed E-state index contributed by atoms with van der Waals surface area (Å²) >= 11 is 0. The zero-order chi connectivity index (χ0) is 21.8. The molecule has 0 fully saturated rings. The van der Waals surface area contributed by atoms with E-state index in [4.69, 9.17) is 0 Å². The van der Waals surface area contributed by atoms with Crippen LogP contribution in [-0.2, 0) is 6.42 Å². The van der Waals surface area contributed by atoms with Gasteiger partial charge in [0.25, 0.3) is 0 Å². The first-order valence-corrected chi connectivity index (χ1v) is 10.1. The fourth-order valence-electron chi connectivity index (χ4n) is 4.07. The molecule has 0 amide bonds. The van der Waals surface area contributed by atoms with Gasteiger partial charge in [0, 0.05) is 0 Å². The molecule has 4 nitrogen and oxygen atoms in total. The number of rotatable bonds is 7. The number of hydrogen-bond acceptors (Lipinski definition) is 2. The Morgan fingerprint density at radius 2 is 1.30 bits per heavy atom. The highest BCUT2D eigenvalue weighted by atomic mass is 16.4. The van der Waals surface area contributed by atoms with Gasteiger partial charge in [-0.25, -0.2) is 9.59 Å². The van der Waals surface area contributed by atoms with Gasteiger partial charge in [-0.3, -0.25) is 0 Å². The number of carboxylic acids is 2. The summed E-state index contributed by atoms with van der Waals surface area (Å²) in [4.78, 5) is 23.9. The molecule has 0 bridgehead atoms. The average Bonchev–Trinajstić information content (AvgIpc) is 2.73. The summed E-state index contributed by atoms with van der Waals surface area (Å²) in [5, 5.41) is 19.6. The summed E-state index contributed by atoms with van der Waals surface area (Å²) in [5.41, 5.74) is 6.31. The van der Waals surface area contributed by atoms with Crippen LogP contribution in [0.2, 0.25) is 0 Å². The predicted molar refractivity (Wildman–Crippen MR) is 119 cm³/mol. The van der Waals surface area contributed by atoms with E-state index in [0.29, 0.717) is 11.1 Å². The fraction of sp³-hybridized carbons (Fsp3) is 0.231. The van der Waals surface area contributed by atoms with Crippen molar-refractivity contribution in [2.24, 2.45) is 0 Å². The highest BCUT2D eigenvalue weighted by molar-refractivity contribution is 6.04. The third-order valence-electron chi connectivity index (χ3n) is 5.55. The first-order valence-electron chi connectivity index (χ1n) is 10.1. The van der Waals surface area contributed by atoms with E-state index in [-0.39, 0.29) is 11.1 Å². The van der Waals surface area contributed by atoms with E-state index in [2.05, 4.69) is 13.0 Å². The van der Waals surface area contributed by atoms with E-state index in [1.165, 1.54) is 5.56 Å². The van der Waals surface area contributed by atoms with E-state index in [1.807, 2.05) is 32.0 Å². The third kappa shape index (κ3) is 3.99. The lowest BCUT2D eigenvalue weighted by Crippen LogP contribution is -2.06. The van der Waals surface area contributed by atoms with E-state index in [1.54, 1.807) is 30.3 Å². The molecular weight excluding hydrogens is 376 g/mol. The van der Waals surface area contributed by atoms with Gasteiger partial charge in [-0.15, -0.1) is 0 Å². The molecule has 0 atom stereocenters. The summed E-state index contributed by atoms with van der Waals surface area (Å²) in [5.74, 6) is -2.01. The molecule has 0 saturated heterocycles. The van der Waals surface area contributed by atoms with Crippen molar-refractivity contribution >= 4 is 11.9 Å². The molecule has 0 aliphatic heterocycles. The Balaban J connectivity index is 2.44. The lowest BCUT2D eigenvalue weighted by Gasteiger charge is -2.22. The second-order valence-electron chi connectivity index (χ2n) is 7.53. The molecule has 3 aromatic rings. The van der Waals surface area contributed by atoms with Crippen molar-refractivity contribution in [1.29, 1.82) is 0 Å². The van der Waals surface area contributed by atoms with Gasteiger partial charge in [0.05, 0.1) is 11.1 Å². The van der Waals surface area contributed by atoms with Crippen LogP contribution >= 0.6 is 0 Å². The Morgan fingerprint density at radius 1 is 0.800 bits per heavy atom. The number of carbonyl (C=O) groups is 2. The third-order valence-corrected chi connectivity index (χ3v) is 5.55. The minimum atomic E-state index is -1.00. The summed E-state index contributed by atoms with van der Waals surface area (Å²) in [7, 11) is 0. The van der Waals surface area contributed by atoms with Gasteiger partial charge in [-0.1, -0.05) is 55.8 Å². The van der Waals surface area contributed by atoms with Crippen LogP contribution in [0.1, 0.15) is 57.2 Å². The number of carboxylic acid groups (broad SMARTS) is 2. The summed E-state index contributed by atoms with van der Waals surface area (Å²) in [6.07, 6.45) is 2.99. The molecule has 0 radical (unpaired) electrons. The highest BCUT2D eigenvalue weighted by Gasteiger charge is 2.23. The molecule has 2 N–H and O–H groups in total. The number of aromatic carboxylic acids is 2. The molecule has 0 aliphatic rings. The van der Waals surface area contributed by atoms with Crippen LogP contribution < -0.4 is 0 Å². The van der Waals surface area contributed by atoms with Gasteiger partial charge >= 0.3 is 11.9 Å². The van der Waals surface area contributed by atoms with Crippen LogP contribution in [0.25, 0.3) is 22.3 Å². The monoisotopic (exact) mass is 402 g/mol. The first kappa shape index (κ1) is 21.3. The molecule has 154 valence electrons. The number of hydrogen-bond donors (Lipinski definition) is 2. The largest absolute Gasteiger partial charge is 0.478 e. The Bertz CT molecular complexity index is 1110. The summed E-state index contributed by atoms with van der Waals surface area (Å²) in [6, 6.07) is 16.0. The summed E-state index contributed by atoms with van der Waals surface area (Å²) in [6.45, 7) is 6.11. The Hall–Kier alpha value is -3.40. The molecule has 0 spiro atoms. The molecular formula is C26H26O4. The molecule has 3 rings (SSSR count).